The van der Waals surface area contributed by atoms with Gasteiger partial charge in [0, 0.05) is 6.42 Å². The van der Waals surface area contributed by atoms with Crippen molar-refractivity contribution in [2.75, 3.05) is 6.61 Å². The van der Waals surface area contributed by atoms with E-state index in [1.54, 1.807) is 66.7 Å². The van der Waals surface area contributed by atoms with Crippen molar-refractivity contribution in [2.45, 2.75) is 37.8 Å². The summed E-state index contributed by atoms with van der Waals surface area (Å²) in [5.41, 5.74) is 5.85. The molecular weight excluding hydrogens is 538 g/mol. The van der Waals surface area contributed by atoms with Gasteiger partial charge in [-0.1, -0.05) is 78.4 Å². The number of amides is 1. The summed E-state index contributed by atoms with van der Waals surface area (Å²) in [6, 6.07) is 29.9. The Morgan fingerprint density at radius 3 is 2.24 bits per heavy atom. The van der Waals surface area contributed by atoms with Gasteiger partial charge in [0.1, 0.15) is 6.61 Å². The standard InChI is InChI=1S/C32H33N3O5S/c1-3-39-31-20-26(16-19-30(31)40-23-25-10-6-4-7-11-25)22-33-34-32(36)21-29(27-12-8-5-9-13-27)35-41(37,38)28-17-14-24(2)15-18-28/h4-20,22,29,35H,3,21,23H2,1-2H3,(H,34,36)/b33-22-/t29-/m1/s1. The van der Waals surface area contributed by atoms with Crippen molar-refractivity contribution in [2.24, 2.45) is 5.10 Å². The normalized spacial score (nSPS) is 12.1. The van der Waals surface area contributed by atoms with Crippen molar-refractivity contribution >= 4 is 22.1 Å². The Labute approximate surface area is 241 Å². The molecule has 0 spiro atoms. The van der Waals surface area contributed by atoms with Crippen LogP contribution in [0, 0.1) is 6.92 Å². The molecule has 0 heterocycles. The molecule has 0 unspecified atom stereocenters. The van der Waals surface area contributed by atoms with Gasteiger partial charge >= 0.3 is 0 Å². The zero-order chi connectivity index (χ0) is 29.1. The van der Waals surface area contributed by atoms with Gasteiger partial charge in [-0.25, -0.2) is 18.6 Å². The fraction of sp³-hybridized carbons (Fsp3) is 0.188. The number of carbonyl (C=O) groups excluding carboxylic acids is 1. The van der Waals surface area contributed by atoms with Crippen LogP contribution in [0.2, 0.25) is 0 Å². The summed E-state index contributed by atoms with van der Waals surface area (Å²) in [5, 5.41) is 4.08. The van der Waals surface area contributed by atoms with Gasteiger partial charge in [-0.2, -0.15) is 5.10 Å². The van der Waals surface area contributed by atoms with E-state index in [0.29, 0.717) is 35.8 Å². The fourth-order valence-electron chi connectivity index (χ4n) is 4.02. The van der Waals surface area contributed by atoms with E-state index in [4.69, 9.17) is 9.47 Å². The first-order chi connectivity index (χ1) is 19.8. The van der Waals surface area contributed by atoms with Crippen molar-refractivity contribution in [3.63, 3.8) is 0 Å². The van der Waals surface area contributed by atoms with Gasteiger partial charge in [-0.15, -0.1) is 0 Å². The monoisotopic (exact) mass is 571 g/mol. The third-order valence-corrected chi connectivity index (χ3v) is 7.62. The first-order valence-corrected chi connectivity index (χ1v) is 14.7. The average Bonchev–Trinajstić information content (AvgIpc) is 2.98. The molecule has 1 amide bonds. The molecule has 0 bridgehead atoms. The third kappa shape index (κ3) is 8.76. The average molecular weight is 572 g/mol. The number of hydrazone groups is 1. The van der Waals surface area contributed by atoms with E-state index in [1.165, 1.54) is 6.21 Å². The summed E-state index contributed by atoms with van der Waals surface area (Å²) in [6.45, 7) is 4.63. The minimum absolute atomic E-state index is 0.128. The van der Waals surface area contributed by atoms with Crippen LogP contribution in [0.5, 0.6) is 11.5 Å². The van der Waals surface area contributed by atoms with E-state index in [2.05, 4.69) is 15.2 Å². The van der Waals surface area contributed by atoms with Crippen LogP contribution in [-0.2, 0) is 21.4 Å². The predicted octanol–water partition coefficient (Wildman–Crippen LogP) is 5.53. The molecule has 4 aromatic carbocycles. The molecule has 0 saturated carbocycles. The maximum atomic E-state index is 13.1. The van der Waals surface area contributed by atoms with E-state index in [9.17, 15) is 13.2 Å². The second-order valence-corrected chi connectivity index (χ2v) is 11.0. The molecule has 9 heteroatoms. The lowest BCUT2D eigenvalue weighted by atomic mass is 10.0. The van der Waals surface area contributed by atoms with Crippen molar-refractivity contribution < 1.29 is 22.7 Å². The summed E-state index contributed by atoms with van der Waals surface area (Å²) in [5.74, 6) is 0.714. The number of nitrogens with zero attached hydrogens (tertiary/aromatic N) is 1. The van der Waals surface area contributed by atoms with Crippen LogP contribution in [0.4, 0.5) is 0 Å². The molecule has 212 valence electrons. The third-order valence-electron chi connectivity index (χ3n) is 6.13. The van der Waals surface area contributed by atoms with Crippen LogP contribution in [0.1, 0.15) is 41.6 Å². The van der Waals surface area contributed by atoms with Crippen LogP contribution in [-0.4, -0.2) is 27.1 Å². The molecule has 2 N–H and O–H groups in total. The van der Waals surface area contributed by atoms with E-state index < -0.39 is 22.0 Å². The Bertz CT molecular complexity index is 1560. The largest absolute Gasteiger partial charge is 0.490 e. The summed E-state index contributed by atoms with van der Waals surface area (Å²) in [6.07, 6.45) is 1.35. The van der Waals surface area contributed by atoms with Gasteiger partial charge < -0.3 is 9.47 Å². The summed E-state index contributed by atoms with van der Waals surface area (Å²) < 4.78 is 40.5. The molecule has 0 saturated heterocycles. The van der Waals surface area contributed by atoms with E-state index in [-0.39, 0.29) is 11.3 Å². The lowest BCUT2D eigenvalue weighted by Gasteiger charge is -2.18. The second-order valence-electron chi connectivity index (χ2n) is 9.31. The maximum Gasteiger partial charge on any atom is 0.242 e. The molecule has 0 radical (unpaired) electrons. The predicted molar refractivity (Wildman–Crippen MR) is 159 cm³/mol. The number of hydrogen-bond acceptors (Lipinski definition) is 6. The Morgan fingerprint density at radius 2 is 1.56 bits per heavy atom. The Morgan fingerprint density at radius 1 is 0.878 bits per heavy atom. The summed E-state index contributed by atoms with van der Waals surface area (Å²) in [7, 11) is -3.86. The topological polar surface area (TPSA) is 106 Å². The van der Waals surface area contributed by atoms with Gasteiger partial charge in [-0.3, -0.25) is 4.79 Å². The Balaban J connectivity index is 1.41. The van der Waals surface area contributed by atoms with Crippen LogP contribution in [0.3, 0.4) is 0 Å². The first-order valence-electron chi connectivity index (χ1n) is 13.2. The van der Waals surface area contributed by atoms with Gasteiger partial charge in [0.2, 0.25) is 15.9 Å². The number of sulfonamides is 1. The minimum atomic E-state index is -3.86. The van der Waals surface area contributed by atoms with Crippen LogP contribution >= 0.6 is 0 Å². The van der Waals surface area contributed by atoms with Gasteiger partial charge in [-0.05, 0) is 60.9 Å². The molecule has 1 atom stereocenters. The van der Waals surface area contributed by atoms with Crippen molar-refractivity contribution in [3.8, 4) is 11.5 Å². The van der Waals surface area contributed by atoms with Crippen molar-refractivity contribution in [1.82, 2.24) is 10.1 Å². The minimum Gasteiger partial charge on any atom is -0.490 e. The molecule has 0 aliphatic carbocycles. The van der Waals surface area contributed by atoms with Crippen LogP contribution in [0.15, 0.2) is 113 Å². The summed E-state index contributed by atoms with van der Waals surface area (Å²) in [4.78, 5) is 13.0. The highest BCUT2D eigenvalue weighted by Gasteiger charge is 2.23. The van der Waals surface area contributed by atoms with Gasteiger partial charge in [0.25, 0.3) is 0 Å². The molecule has 0 aliphatic rings. The first kappa shape index (κ1) is 29.5. The molecule has 41 heavy (non-hydrogen) atoms. The fourth-order valence-corrected chi connectivity index (χ4v) is 5.25. The van der Waals surface area contributed by atoms with Gasteiger partial charge in [0.15, 0.2) is 11.5 Å². The number of carbonyl (C=O) groups is 1. The quantitative estimate of drug-likeness (QED) is 0.162. The number of rotatable bonds is 13. The molecule has 0 aliphatic heterocycles. The SMILES string of the molecule is CCOc1cc(/C=N\NC(=O)C[C@@H](NS(=O)(=O)c2ccc(C)cc2)c2ccccc2)ccc1OCc1ccccc1. The van der Waals surface area contributed by atoms with Crippen LogP contribution in [0.25, 0.3) is 0 Å². The number of hydrogen-bond donors (Lipinski definition) is 2. The second kappa shape index (κ2) is 14.2. The number of aryl methyl sites for hydroxylation is 1. The summed E-state index contributed by atoms with van der Waals surface area (Å²) >= 11 is 0. The van der Waals surface area contributed by atoms with Crippen molar-refractivity contribution in [3.05, 3.63) is 125 Å². The molecule has 0 aromatic heterocycles. The zero-order valence-electron chi connectivity index (χ0n) is 23.0. The highest BCUT2D eigenvalue weighted by Crippen LogP contribution is 2.29. The molecule has 0 fully saturated rings. The van der Waals surface area contributed by atoms with Crippen LogP contribution < -0.4 is 19.6 Å². The maximum absolute atomic E-state index is 13.1. The van der Waals surface area contributed by atoms with Crippen molar-refractivity contribution in [1.29, 1.82) is 0 Å². The molecule has 8 nitrogen and oxygen atoms in total. The lowest BCUT2D eigenvalue weighted by molar-refractivity contribution is -0.121. The van der Waals surface area contributed by atoms with E-state index in [1.807, 2.05) is 50.2 Å². The Kier molecular flexibility index (Phi) is 10.3. The van der Waals surface area contributed by atoms with E-state index in [0.717, 1.165) is 11.1 Å². The van der Waals surface area contributed by atoms with Gasteiger partial charge in [0.05, 0.1) is 23.8 Å². The number of nitrogens with one attached hydrogen (secondary N) is 2. The molecule has 4 aromatic rings. The number of ether oxygens (including phenoxy) is 2. The zero-order valence-corrected chi connectivity index (χ0v) is 23.8. The Hall–Kier alpha value is -4.47. The highest BCUT2D eigenvalue weighted by atomic mass is 32.2. The lowest BCUT2D eigenvalue weighted by Crippen LogP contribution is -2.32. The van der Waals surface area contributed by atoms with E-state index >= 15 is 0 Å². The number of benzene rings is 4. The molecular formula is C32H33N3O5S. The molecule has 4 rings (SSSR count). The highest BCUT2D eigenvalue weighted by molar-refractivity contribution is 7.89. The smallest absolute Gasteiger partial charge is 0.242 e.